The summed E-state index contributed by atoms with van der Waals surface area (Å²) in [5, 5.41) is 29.9. The first-order valence-corrected chi connectivity index (χ1v) is 6.10. The number of aliphatic hydroxyl groups excluding tert-OH is 2. The smallest absolute Gasteiger partial charge is 0.369 e. The molecule has 110 valence electrons. The maximum Gasteiger partial charge on any atom is 0.369 e. The van der Waals surface area contributed by atoms with Gasteiger partial charge in [-0.25, -0.2) is 4.79 Å². The van der Waals surface area contributed by atoms with Gasteiger partial charge in [-0.1, -0.05) is 0 Å². The number of ether oxygens (including phenoxy) is 4. The van der Waals surface area contributed by atoms with Gasteiger partial charge in [-0.05, 0) is 13.8 Å². The number of esters is 1. The fraction of sp³-hybridized carbons (Fsp3) is 0.909. The van der Waals surface area contributed by atoms with Gasteiger partial charge in [-0.15, -0.1) is 0 Å². The van der Waals surface area contributed by atoms with Crippen molar-refractivity contribution in [1.82, 2.24) is 0 Å². The molecule has 0 aromatic carbocycles. The summed E-state index contributed by atoms with van der Waals surface area (Å²) in [4.78, 5) is 11.7. The van der Waals surface area contributed by atoms with E-state index in [1.165, 1.54) is 0 Å². The first-order valence-electron chi connectivity index (χ1n) is 6.10. The maximum absolute atomic E-state index is 11.7. The van der Waals surface area contributed by atoms with Crippen molar-refractivity contribution in [3.05, 3.63) is 0 Å². The molecule has 2 saturated heterocycles. The van der Waals surface area contributed by atoms with Crippen LogP contribution in [0.15, 0.2) is 0 Å². The van der Waals surface area contributed by atoms with Gasteiger partial charge in [0.25, 0.3) is 5.79 Å². The molecule has 2 rings (SSSR count). The van der Waals surface area contributed by atoms with E-state index >= 15 is 0 Å². The van der Waals surface area contributed by atoms with Gasteiger partial charge in [0.15, 0.2) is 6.29 Å². The van der Waals surface area contributed by atoms with Crippen LogP contribution in [0.4, 0.5) is 0 Å². The Bertz CT molecular complexity index is 346. The fourth-order valence-electron chi connectivity index (χ4n) is 2.19. The molecule has 2 fully saturated rings. The molecule has 2 aliphatic heterocycles. The fourth-order valence-corrected chi connectivity index (χ4v) is 2.19. The zero-order valence-electron chi connectivity index (χ0n) is 10.7. The summed E-state index contributed by atoms with van der Waals surface area (Å²) in [6.45, 7) is 3.20. The maximum atomic E-state index is 11.7. The van der Waals surface area contributed by atoms with Gasteiger partial charge < -0.3 is 34.3 Å². The molecule has 6 atom stereocenters. The van der Waals surface area contributed by atoms with Crippen LogP contribution in [0, 0.1) is 0 Å². The normalized spacial score (nSPS) is 46.5. The van der Waals surface area contributed by atoms with E-state index in [-0.39, 0.29) is 13.2 Å². The molecule has 19 heavy (non-hydrogen) atoms. The van der Waals surface area contributed by atoms with E-state index in [1.54, 1.807) is 13.8 Å². The van der Waals surface area contributed by atoms with E-state index in [1.807, 2.05) is 0 Å². The van der Waals surface area contributed by atoms with Gasteiger partial charge in [0.1, 0.15) is 24.4 Å². The van der Waals surface area contributed by atoms with Crippen LogP contribution in [-0.4, -0.2) is 71.0 Å². The first-order chi connectivity index (χ1) is 8.90. The summed E-state index contributed by atoms with van der Waals surface area (Å²) in [7, 11) is 0. The third kappa shape index (κ3) is 2.47. The molecule has 0 bridgehead atoms. The molecule has 8 nitrogen and oxygen atoms in total. The summed E-state index contributed by atoms with van der Waals surface area (Å²) < 4.78 is 20.2. The van der Waals surface area contributed by atoms with Crippen molar-refractivity contribution >= 4 is 5.97 Å². The molecular formula is C11H18O8. The molecule has 0 aromatic heterocycles. The van der Waals surface area contributed by atoms with Gasteiger partial charge in [0.2, 0.25) is 0 Å². The van der Waals surface area contributed by atoms with Crippen molar-refractivity contribution < 1.29 is 39.1 Å². The van der Waals surface area contributed by atoms with E-state index in [9.17, 15) is 20.1 Å². The van der Waals surface area contributed by atoms with Crippen LogP contribution < -0.4 is 0 Å². The van der Waals surface area contributed by atoms with E-state index in [0.717, 1.165) is 0 Å². The van der Waals surface area contributed by atoms with Crippen LogP contribution in [0.5, 0.6) is 0 Å². The van der Waals surface area contributed by atoms with Crippen LogP contribution in [-0.2, 0) is 23.7 Å². The topological polar surface area (TPSA) is 115 Å². The minimum absolute atomic E-state index is 0.00540. The molecule has 0 aliphatic carbocycles. The van der Waals surface area contributed by atoms with E-state index in [0.29, 0.717) is 0 Å². The summed E-state index contributed by atoms with van der Waals surface area (Å²) in [6, 6.07) is 0. The predicted molar refractivity (Wildman–Crippen MR) is 58.8 cm³/mol. The summed E-state index contributed by atoms with van der Waals surface area (Å²) in [5.41, 5.74) is 0. The van der Waals surface area contributed by atoms with Gasteiger partial charge in [-0.3, -0.25) is 0 Å². The Kier molecular flexibility index (Phi) is 4.09. The number of hydrogen-bond donors (Lipinski definition) is 3. The number of carbonyl (C=O) groups is 1. The van der Waals surface area contributed by atoms with Crippen molar-refractivity contribution in [2.45, 2.75) is 50.3 Å². The largest absolute Gasteiger partial charge is 0.462 e. The minimum atomic E-state index is -2.62. The Morgan fingerprint density at radius 3 is 2.79 bits per heavy atom. The second-order valence-electron chi connectivity index (χ2n) is 4.51. The number of carbonyl (C=O) groups excluding carboxylic acids is 1. The lowest BCUT2D eigenvalue weighted by atomic mass is 9.92. The van der Waals surface area contributed by atoms with Gasteiger partial charge in [-0.2, -0.15) is 0 Å². The van der Waals surface area contributed by atoms with E-state index in [4.69, 9.17) is 14.2 Å². The van der Waals surface area contributed by atoms with Crippen molar-refractivity contribution in [2.24, 2.45) is 0 Å². The van der Waals surface area contributed by atoms with Crippen molar-refractivity contribution in [3.8, 4) is 0 Å². The summed E-state index contributed by atoms with van der Waals surface area (Å²) >= 11 is 0. The highest BCUT2D eigenvalue weighted by atomic mass is 16.7. The third-order valence-electron chi connectivity index (χ3n) is 3.17. The van der Waals surface area contributed by atoms with Crippen molar-refractivity contribution in [1.29, 1.82) is 0 Å². The highest BCUT2D eigenvalue weighted by Crippen LogP contribution is 2.33. The Hall–Kier alpha value is -0.770. The van der Waals surface area contributed by atoms with E-state index < -0.39 is 42.5 Å². The Morgan fingerprint density at radius 1 is 1.47 bits per heavy atom. The Morgan fingerprint density at radius 2 is 2.16 bits per heavy atom. The quantitative estimate of drug-likeness (QED) is 0.503. The lowest BCUT2D eigenvalue weighted by molar-refractivity contribution is -0.379. The SMILES string of the molecule is CCOC(=O)[C@@]1(O)O[C@@H]2COC(C)O[C@H]2[C@H](O)[C@H]1O. The predicted octanol–water partition coefficient (Wildman–Crippen LogP) is -1.88. The second kappa shape index (κ2) is 5.31. The number of hydrogen-bond acceptors (Lipinski definition) is 8. The number of rotatable bonds is 2. The van der Waals surface area contributed by atoms with Crippen LogP contribution in [0.25, 0.3) is 0 Å². The molecule has 2 heterocycles. The average molecular weight is 278 g/mol. The Balaban J connectivity index is 2.19. The third-order valence-corrected chi connectivity index (χ3v) is 3.17. The van der Waals surface area contributed by atoms with Crippen LogP contribution in [0.3, 0.4) is 0 Å². The van der Waals surface area contributed by atoms with Gasteiger partial charge >= 0.3 is 5.97 Å². The highest BCUT2D eigenvalue weighted by Gasteiger charge is 2.60. The lowest BCUT2D eigenvalue weighted by Gasteiger charge is -2.48. The monoisotopic (exact) mass is 278 g/mol. The Labute approximate surface area is 109 Å². The second-order valence-corrected chi connectivity index (χ2v) is 4.51. The number of aliphatic hydroxyl groups is 3. The summed E-state index contributed by atoms with van der Waals surface area (Å²) in [5.74, 6) is -3.78. The molecule has 0 spiro atoms. The van der Waals surface area contributed by atoms with Crippen molar-refractivity contribution in [3.63, 3.8) is 0 Å². The molecule has 3 N–H and O–H groups in total. The standard InChI is InChI=1S/C11H18O8/c1-3-16-10(14)11(15)9(13)7(12)8-6(19-11)4-17-5(2)18-8/h5-9,12-13,15H,3-4H2,1-2H3/t5?,6-,7+,8-,9-,11+/m1/s1. The van der Waals surface area contributed by atoms with E-state index in [2.05, 4.69) is 4.74 Å². The molecule has 1 unspecified atom stereocenters. The summed E-state index contributed by atoms with van der Waals surface area (Å²) in [6.07, 6.45) is -5.67. The molecule has 0 aromatic rings. The number of fused-ring (bicyclic) bond motifs is 1. The first kappa shape index (κ1) is 14.6. The van der Waals surface area contributed by atoms with Crippen LogP contribution in [0.2, 0.25) is 0 Å². The molecule has 0 amide bonds. The van der Waals surface area contributed by atoms with Crippen LogP contribution in [0.1, 0.15) is 13.8 Å². The average Bonchev–Trinajstić information content (AvgIpc) is 2.38. The minimum Gasteiger partial charge on any atom is -0.462 e. The zero-order valence-corrected chi connectivity index (χ0v) is 10.7. The van der Waals surface area contributed by atoms with Gasteiger partial charge in [0.05, 0.1) is 13.2 Å². The molecule has 8 heteroatoms. The molecular weight excluding hydrogens is 260 g/mol. The van der Waals surface area contributed by atoms with Gasteiger partial charge in [0, 0.05) is 0 Å². The van der Waals surface area contributed by atoms with Crippen molar-refractivity contribution in [2.75, 3.05) is 13.2 Å². The highest BCUT2D eigenvalue weighted by molar-refractivity contribution is 5.78. The molecule has 0 saturated carbocycles. The lowest BCUT2D eigenvalue weighted by Crippen LogP contribution is -2.70. The zero-order chi connectivity index (χ0) is 14.2. The molecule has 0 radical (unpaired) electrons. The van der Waals surface area contributed by atoms with Crippen LogP contribution >= 0.6 is 0 Å². The molecule has 2 aliphatic rings.